The Bertz CT molecular complexity index is 467. The molecule has 2 rings (SSSR count). The number of H-pyrrole nitrogens is 2. The minimum Gasteiger partial charge on any atom is -0.396 e. The van der Waals surface area contributed by atoms with E-state index in [1.807, 2.05) is 4.90 Å². The molecule has 7 heteroatoms. The fourth-order valence-corrected chi connectivity index (χ4v) is 2.10. The highest BCUT2D eigenvalue weighted by molar-refractivity contribution is 4.99. The highest BCUT2D eigenvalue weighted by Gasteiger charge is 2.30. The van der Waals surface area contributed by atoms with Crippen LogP contribution in [0.15, 0.2) is 15.7 Å². The van der Waals surface area contributed by atoms with Crippen molar-refractivity contribution >= 4 is 0 Å². The van der Waals surface area contributed by atoms with Gasteiger partial charge in [-0.15, -0.1) is 0 Å². The Balaban J connectivity index is 2.07. The normalized spacial score (nSPS) is 25.3. The summed E-state index contributed by atoms with van der Waals surface area (Å²) in [4.78, 5) is 28.6. The molecule has 0 amide bonds. The summed E-state index contributed by atoms with van der Waals surface area (Å²) in [6.07, 6.45) is -0.561. The van der Waals surface area contributed by atoms with Crippen LogP contribution in [0.4, 0.5) is 0 Å². The molecule has 4 N–H and O–H groups in total. The average Bonchev–Trinajstić information content (AvgIpc) is 2.57. The molecule has 94 valence electrons. The van der Waals surface area contributed by atoms with Gasteiger partial charge in [-0.05, 0) is 0 Å². The molecular weight excluding hydrogens is 226 g/mol. The van der Waals surface area contributed by atoms with Gasteiger partial charge in [-0.25, -0.2) is 4.79 Å². The lowest BCUT2D eigenvalue weighted by Crippen LogP contribution is -2.28. The van der Waals surface area contributed by atoms with Crippen molar-refractivity contribution < 1.29 is 10.2 Å². The maximum atomic E-state index is 11.1. The largest absolute Gasteiger partial charge is 0.396 e. The summed E-state index contributed by atoms with van der Waals surface area (Å²) in [7, 11) is 0. The highest BCUT2D eigenvalue weighted by atomic mass is 16.3. The molecule has 1 aliphatic rings. The smallest absolute Gasteiger partial charge is 0.325 e. The maximum absolute atomic E-state index is 11.1. The maximum Gasteiger partial charge on any atom is 0.325 e. The number of β-amino-alcohol motifs (C(OH)–C–C–N with tert-alkyl or cyclic N) is 1. The van der Waals surface area contributed by atoms with Crippen LogP contribution in [0.3, 0.4) is 0 Å². The van der Waals surface area contributed by atoms with E-state index in [4.69, 9.17) is 5.11 Å². The van der Waals surface area contributed by atoms with E-state index >= 15 is 0 Å². The second-order valence-electron chi connectivity index (χ2n) is 4.32. The number of aliphatic hydroxyl groups is 2. The van der Waals surface area contributed by atoms with Crippen molar-refractivity contribution in [3.05, 3.63) is 32.6 Å². The van der Waals surface area contributed by atoms with E-state index in [0.29, 0.717) is 25.3 Å². The van der Waals surface area contributed by atoms with Gasteiger partial charge in [0.15, 0.2) is 0 Å². The van der Waals surface area contributed by atoms with E-state index in [1.165, 1.54) is 6.07 Å². The van der Waals surface area contributed by atoms with Gasteiger partial charge in [-0.2, -0.15) is 0 Å². The number of hydrogen-bond acceptors (Lipinski definition) is 5. The molecule has 17 heavy (non-hydrogen) atoms. The van der Waals surface area contributed by atoms with Crippen LogP contribution in [-0.4, -0.2) is 50.9 Å². The lowest BCUT2D eigenvalue weighted by Gasteiger charge is -2.14. The van der Waals surface area contributed by atoms with Crippen molar-refractivity contribution in [2.24, 2.45) is 5.92 Å². The van der Waals surface area contributed by atoms with Crippen LogP contribution < -0.4 is 11.2 Å². The van der Waals surface area contributed by atoms with Crippen LogP contribution in [0.5, 0.6) is 0 Å². The summed E-state index contributed by atoms with van der Waals surface area (Å²) in [6, 6.07) is 1.32. The minimum atomic E-state index is -0.561. The molecular formula is C10H15N3O4. The van der Waals surface area contributed by atoms with Crippen LogP contribution in [0.2, 0.25) is 0 Å². The summed E-state index contributed by atoms with van der Waals surface area (Å²) in [5, 5.41) is 18.6. The van der Waals surface area contributed by atoms with E-state index in [1.54, 1.807) is 0 Å². The second kappa shape index (κ2) is 4.82. The number of likely N-dealkylation sites (tertiary alicyclic amines) is 1. The zero-order valence-electron chi connectivity index (χ0n) is 9.22. The van der Waals surface area contributed by atoms with Crippen LogP contribution in [-0.2, 0) is 6.54 Å². The molecule has 1 aliphatic heterocycles. The topological polar surface area (TPSA) is 109 Å². The van der Waals surface area contributed by atoms with Gasteiger partial charge in [0.1, 0.15) is 0 Å². The quantitative estimate of drug-likeness (QED) is 0.482. The number of aliphatic hydroxyl groups excluding tert-OH is 2. The Morgan fingerprint density at radius 1 is 1.35 bits per heavy atom. The predicted molar refractivity (Wildman–Crippen MR) is 59.5 cm³/mol. The van der Waals surface area contributed by atoms with Gasteiger partial charge in [-0.1, -0.05) is 0 Å². The van der Waals surface area contributed by atoms with E-state index in [0.717, 1.165) is 0 Å². The first-order valence-corrected chi connectivity index (χ1v) is 5.42. The van der Waals surface area contributed by atoms with Crippen molar-refractivity contribution in [3.63, 3.8) is 0 Å². The molecule has 1 aromatic rings. The summed E-state index contributed by atoms with van der Waals surface area (Å²) in [5.41, 5.74) is -0.474. The van der Waals surface area contributed by atoms with Crippen molar-refractivity contribution in [3.8, 4) is 0 Å². The Hall–Kier alpha value is -1.44. The van der Waals surface area contributed by atoms with E-state index < -0.39 is 17.4 Å². The van der Waals surface area contributed by atoms with E-state index in [2.05, 4.69) is 9.97 Å². The summed E-state index contributed by atoms with van der Waals surface area (Å²) in [5.74, 6) is -0.163. The Kier molecular flexibility index (Phi) is 3.41. The van der Waals surface area contributed by atoms with Gasteiger partial charge in [0.05, 0.1) is 6.10 Å². The van der Waals surface area contributed by atoms with E-state index in [9.17, 15) is 14.7 Å². The summed E-state index contributed by atoms with van der Waals surface area (Å²) >= 11 is 0. The van der Waals surface area contributed by atoms with Gasteiger partial charge in [-0.3, -0.25) is 14.7 Å². The van der Waals surface area contributed by atoms with E-state index in [-0.39, 0.29) is 12.5 Å². The SMILES string of the molecule is O=c1cc(CN2C[C@@H](CO)[C@H](O)C2)[nH]c(=O)[nH]1. The number of nitrogens with one attached hydrogen (secondary N) is 2. The molecule has 7 nitrogen and oxygen atoms in total. The molecule has 0 bridgehead atoms. The van der Waals surface area contributed by atoms with Crippen LogP contribution in [0.25, 0.3) is 0 Å². The first-order chi connectivity index (χ1) is 8.08. The van der Waals surface area contributed by atoms with Crippen molar-refractivity contribution in [2.75, 3.05) is 19.7 Å². The number of hydrogen-bond donors (Lipinski definition) is 4. The number of rotatable bonds is 3. The summed E-state index contributed by atoms with van der Waals surface area (Å²) < 4.78 is 0. The lowest BCUT2D eigenvalue weighted by atomic mass is 10.1. The molecule has 1 saturated heterocycles. The molecule has 1 fully saturated rings. The Morgan fingerprint density at radius 3 is 2.71 bits per heavy atom. The standard InChI is InChI=1S/C10H15N3O4/c14-5-6-2-13(4-8(6)15)3-7-1-9(16)12-10(17)11-7/h1,6,8,14-15H,2-5H2,(H2,11,12,16,17)/t6-,8+/m0/s1. The van der Waals surface area contributed by atoms with Gasteiger partial charge in [0, 0.05) is 43.9 Å². The third-order valence-corrected chi connectivity index (χ3v) is 2.93. The second-order valence-corrected chi connectivity index (χ2v) is 4.32. The zero-order valence-corrected chi connectivity index (χ0v) is 9.22. The van der Waals surface area contributed by atoms with Crippen molar-refractivity contribution in [1.82, 2.24) is 14.9 Å². The monoisotopic (exact) mass is 241 g/mol. The minimum absolute atomic E-state index is 0.0659. The average molecular weight is 241 g/mol. The molecule has 0 aliphatic carbocycles. The molecule has 2 atom stereocenters. The zero-order chi connectivity index (χ0) is 12.4. The first kappa shape index (κ1) is 12.0. The van der Waals surface area contributed by atoms with Crippen LogP contribution in [0.1, 0.15) is 5.69 Å². The molecule has 0 saturated carbocycles. The number of aromatic nitrogens is 2. The van der Waals surface area contributed by atoms with Gasteiger partial charge in [0.2, 0.25) is 0 Å². The predicted octanol–water partition coefficient (Wildman–Crippen LogP) is -2.15. The van der Waals surface area contributed by atoms with Crippen LogP contribution >= 0.6 is 0 Å². The van der Waals surface area contributed by atoms with Gasteiger partial charge < -0.3 is 15.2 Å². The fraction of sp³-hybridized carbons (Fsp3) is 0.600. The molecule has 0 unspecified atom stereocenters. The Labute approximate surface area is 96.7 Å². The Morgan fingerprint density at radius 2 is 2.12 bits per heavy atom. The summed E-state index contributed by atoms with van der Waals surface area (Å²) in [6.45, 7) is 1.29. The highest BCUT2D eigenvalue weighted by Crippen LogP contribution is 2.17. The molecule has 1 aromatic heterocycles. The first-order valence-electron chi connectivity index (χ1n) is 5.42. The van der Waals surface area contributed by atoms with Crippen molar-refractivity contribution in [2.45, 2.75) is 12.6 Å². The molecule has 0 aromatic carbocycles. The fourth-order valence-electron chi connectivity index (χ4n) is 2.10. The number of aromatic amines is 2. The molecule has 0 radical (unpaired) electrons. The lowest BCUT2D eigenvalue weighted by molar-refractivity contribution is 0.103. The van der Waals surface area contributed by atoms with Crippen molar-refractivity contribution in [1.29, 1.82) is 0 Å². The molecule has 0 spiro atoms. The van der Waals surface area contributed by atoms with Crippen LogP contribution in [0, 0.1) is 5.92 Å². The third-order valence-electron chi connectivity index (χ3n) is 2.93. The van der Waals surface area contributed by atoms with Gasteiger partial charge >= 0.3 is 5.69 Å². The third kappa shape index (κ3) is 2.82. The number of nitrogens with zero attached hydrogens (tertiary/aromatic N) is 1. The molecule has 2 heterocycles. The van der Waals surface area contributed by atoms with Gasteiger partial charge in [0.25, 0.3) is 5.56 Å².